The van der Waals surface area contributed by atoms with Crippen molar-refractivity contribution >= 4 is 29.2 Å². The molecule has 2 N–H and O–H groups in total. The van der Waals surface area contributed by atoms with Gasteiger partial charge in [-0.1, -0.05) is 6.92 Å². The van der Waals surface area contributed by atoms with E-state index >= 15 is 0 Å². The molecule has 2 aromatic rings. The van der Waals surface area contributed by atoms with E-state index in [9.17, 15) is 22.8 Å². The number of rotatable bonds is 4. The zero-order valence-corrected chi connectivity index (χ0v) is 11.6. The summed E-state index contributed by atoms with van der Waals surface area (Å²) in [5.41, 5.74) is -0.714. The molecule has 1 aromatic heterocycles. The van der Waals surface area contributed by atoms with Crippen LogP contribution >= 0.6 is 0 Å². The van der Waals surface area contributed by atoms with Crippen LogP contribution in [0.1, 0.15) is 18.9 Å². The number of carbonyl (C=O) groups is 2. The fourth-order valence-electron chi connectivity index (χ4n) is 1.92. The van der Waals surface area contributed by atoms with Gasteiger partial charge >= 0.3 is 12.2 Å². The minimum Gasteiger partial charge on any atom is -0.336 e. The number of nitrogens with one attached hydrogen (secondary N) is 2. The van der Waals surface area contributed by atoms with Crippen LogP contribution in [0.3, 0.4) is 0 Å². The molecule has 0 radical (unpaired) electrons. The first-order valence-corrected chi connectivity index (χ1v) is 6.46. The fourth-order valence-corrected chi connectivity index (χ4v) is 1.92. The number of fused-ring (bicyclic) bond motifs is 1. The van der Waals surface area contributed by atoms with Crippen LogP contribution in [0.4, 0.5) is 23.8 Å². The predicted molar refractivity (Wildman–Crippen MR) is 73.5 cm³/mol. The number of anilines is 1. The van der Waals surface area contributed by atoms with Crippen LogP contribution in [0.2, 0.25) is 0 Å². The Balaban J connectivity index is 2.55. The summed E-state index contributed by atoms with van der Waals surface area (Å²) in [6.45, 7) is 2.26. The van der Waals surface area contributed by atoms with Gasteiger partial charge in [-0.25, -0.2) is 4.79 Å². The van der Waals surface area contributed by atoms with Gasteiger partial charge in [-0.05, 0) is 24.6 Å². The highest BCUT2D eigenvalue weighted by molar-refractivity contribution is 5.99. The van der Waals surface area contributed by atoms with Crippen LogP contribution in [0.15, 0.2) is 18.2 Å². The molecule has 2 rings (SSSR count). The second kappa shape index (κ2) is 6.04. The number of benzene rings is 1. The number of amides is 2. The number of nitrogens with zero attached hydrogens (tertiary/aromatic N) is 2. The van der Waals surface area contributed by atoms with Crippen LogP contribution in [-0.2, 0) is 11.0 Å². The molecule has 1 heterocycles. The van der Waals surface area contributed by atoms with Crippen molar-refractivity contribution in [3.8, 4) is 0 Å². The summed E-state index contributed by atoms with van der Waals surface area (Å²) in [5.74, 6) is -0.109. The van der Waals surface area contributed by atoms with Crippen molar-refractivity contribution in [1.82, 2.24) is 15.1 Å². The third-order valence-electron chi connectivity index (χ3n) is 2.92. The minimum absolute atomic E-state index is 0.0357. The minimum atomic E-state index is -4.53. The molecule has 0 saturated heterocycles. The SMILES string of the molecule is CCCNC(=O)n1nc(NC=O)c2cc(C(F)(F)F)ccc21. The summed E-state index contributed by atoms with van der Waals surface area (Å²) in [7, 11) is 0. The van der Waals surface area contributed by atoms with Crippen molar-refractivity contribution in [3.63, 3.8) is 0 Å². The smallest absolute Gasteiger partial charge is 0.336 e. The Labute approximate surface area is 123 Å². The molecule has 6 nitrogen and oxygen atoms in total. The van der Waals surface area contributed by atoms with E-state index < -0.39 is 17.8 Å². The van der Waals surface area contributed by atoms with Gasteiger partial charge in [0, 0.05) is 11.9 Å². The second-order valence-corrected chi connectivity index (χ2v) is 4.48. The molecule has 22 heavy (non-hydrogen) atoms. The fraction of sp³-hybridized carbons (Fsp3) is 0.308. The molecular weight excluding hydrogens is 301 g/mol. The highest BCUT2D eigenvalue weighted by atomic mass is 19.4. The number of aromatic nitrogens is 2. The summed E-state index contributed by atoms with van der Waals surface area (Å²) in [6.07, 6.45) is -3.54. The summed E-state index contributed by atoms with van der Waals surface area (Å²) in [6, 6.07) is 2.27. The highest BCUT2D eigenvalue weighted by Crippen LogP contribution is 2.33. The molecule has 0 saturated carbocycles. The average Bonchev–Trinajstić information content (AvgIpc) is 2.82. The topological polar surface area (TPSA) is 76.0 Å². The maximum absolute atomic E-state index is 12.8. The monoisotopic (exact) mass is 314 g/mol. The average molecular weight is 314 g/mol. The maximum Gasteiger partial charge on any atom is 0.416 e. The molecule has 9 heteroatoms. The van der Waals surface area contributed by atoms with Gasteiger partial charge in [-0.15, -0.1) is 5.10 Å². The molecule has 0 aliphatic rings. The third-order valence-corrected chi connectivity index (χ3v) is 2.92. The third kappa shape index (κ3) is 3.02. The first kappa shape index (κ1) is 15.8. The van der Waals surface area contributed by atoms with Gasteiger partial charge in [0.15, 0.2) is 5.82 Å². The molecule has 0 spiro atoms. The van der Waals surface area contributed by atoms with Crippen molar-refractivity contribution < 1.29 is 22.8 Å². The molecule has 118 valence electrons. The Morgan fingerprint density at radius 1 is 1.41 bits per heavy atom. The lowest BCUT2D eigenvalue weighted by Gasteiger charge is -2.07. The van der Waals surface area contributed by atoms with Gasteiger partial charge in [0.25, 0.3) is 0 Å². The van der Waals surface area contributed by atoms with Crippen molar-refractivity contribution in [1.29, 1.82) is 0 Å². The Morgan fingerprint density at radius 3 is 2.73 bits per heavy atom. The van der Waals surface area contributed by atoms with Crippen molar-refractivity contribution in [2.45, 2.75) is 19.5 Å². The van der Waals surface area contributed by atoms with Gasteiger partial charge in [0.2, 0.25) is 6.41 Å². The van der Waals surface area contributed by atoms with Crippen LogP contribution < -0.4 is 10.6 Å². The number of hydrogen-bond acceptors (Lipinski definition) is 3. The number of hydrogen-bond donors (Lipinski definition) is 2. The number of halogens is 3. The number of alkyl halides is 3. The Kier molecular flexibility index (Phi) is 4.34. The Bertz CT molecular complexity index is 709. The largest absolute Gasteiger partial charge is 0.416 e. The summed E-state index contributed by atoms with van der Waals surface area (Å²) in [5, 5.41) is 8.65. The van der Waals surface area contributed by atoms with E-state index in [1.165, 1.54) is 0 Å². The van der Waals surface area contributed by atoms with Gasteiger partial charge in [-0.3, -0.25) is 4.79 Å². The van der Waals surface area contributed by atoms with E-state index in [2.05, 4.69) is 15.7 Å². The van der Waals surface area contributed by atoms with Crippen molar-refractivity contribution in [2.24, 2.45) is 0 Å². The highest BCUT2D eigenvalue weighted by Gasteiger charge is 2.31. The lowest BCUT2D eigenvalue weighted by Crippen LogP contribution is -2.29. The van der Waals surface area contributed by atoms with E-state index in [0.29, 0.717) is 13.0 Å². The predicted octanol–water partition coefficient (Wildman–Crippen LogP) is 2.59. The Hall–Kier alpha value is -2.58. The van der Waals surface area contributed by atoms with Crippen molar-refractivity contribution in [2.75, 3.05) is 11.9 Å². The zero-order valence-electron chi connectivity index (χ0n) is 11.6. The van der Waals surface area contributed by atoms with E-state index in [1.54, 1.807) is 0 Å². The first-order valence-electron chi connectivity index (χ1n) is 6.46. The standard InChI is InChI=1S/C13H13F3N4O2/c1-2-5-17-12(22)20-10-4-3-8(13(14,15)16)6-9(10)11(19-20)18-7-21/h3-4,6-7H,2,5H2,1H3,(H,17,22)(H,18,19,21). The summed E-state index contributed by atoms with van der Waals surface area (Å²) < 4.78 is 39.2. The summed E-state index contributed by atoms with van der Waals surface area (Å²) in [4.78, 5) is 22.5. The quantitative estimate of drug-likeness (QED) is 0.852. The van der Waals surface area contributed by atoms with Crippen LogP contribution in [0.5, 0.6) is 0 Å². The van der Waals surface area contributed by atoms with Gasteiger partial charge in [0.05, 0.1) is 11.1 Å². The molecule has 1 aromatic carbocycles. The van der Waals surface area contributed by atoms with E-state index in [4.69, 9.17) is 0 Å². The van der Waals surface area contributed by atoms with Crippen LogP contribution in [0.25, 0.3) is 10.9 Å². The second-order valence-electron chi connectivity index (χ2n) is 4.48. The molecule has 2 amide bonds. The molecule has 0 unspecified atom stereocenters. The zero-order chi connectivity index (χ0) is 16.3. The molecule has 0 atom stereocenters. The molecule has 0 fully saturated rings. The lowest BCUT2D eigenvalue weighted by atomic mass is 10.1. The molecule has 0 bridgehead atoms. The summed E-state index contributed by atoms with van der Waals surface area (Å²) >= 11 is 0. The van der Waals surface area contributed by atoms with E-state index in [1.807, 2.05) is 6.92 Å². The van der Waals surface area contributed by atoms with Gasteiger partial charge < -0.3 is 10.6 Å². The maximum atomic E-state index is 12.8. The van der Waals surface area contributed by atoms with Crippen molar-refractivity contribution in [3.05, 3.63) is 23.8 Å². The molecule has 0 aliphatic heterocycles. The van der Waals surface area contributed by atoms with E-state index in [0.717, 1.165) is 22.9 Å². The van der Waals surface area contributed by atoms with Crippen LogP contribution in [-0.4, -0.2) is 28.8 Å². The Morgan fingerprint density at radius 2 is 2.14 bits per heavy atom. The lowest BCUT2D eigenvalue weighted by molar-refractivity contribution is -0.137. The number of carbonyl (C=O) groups excluding carboxylic acids is 2. The molecule has 0 aliphatic carbocycles. The van der Waals surface area contributed by atoms with E-state index in [-0.39, 0.29) is 23.1 Å². The van der Waals surface area contributed by atoms with Gasteiger partial charge in [0.1, 0.15) is 0 Å². The first-order chi connectivity index (χ1) is 10.4. The normalized spacial score (nSPS) is 11.5. The van der Waals surface area contributed by atoms with Crippen LogP contribution in [0, 0.1) is 0 Å². The van der Waals surface area contributed by atoms with Gasteiger partial charge in [-0.2, -0.15) is 17.9 Å². The molecular formula is C13H13F3N4O2.